The van der Waals surface area contributed by atoms with E-state index in [0.717, 1.165) is 0 Å². The lowest BCUT2D eigenvalue weighted by atomic mass is 10.0. The highest BCUT2D eigenvalue weighted by Crippen LogP contribution is 2.00. The van der Waals surface area contributed by atoms with Crippen molar-refractivity contribution in [3.05, 3.63) is 0 Å². The zero-order valence-corrected chi connectivity index (χ0v) is 8.74. The molecule has 0 aliphatic rings. The van der Waals surface area contributed by atoms with Crippen molar-refractivity contribution in [3.8, 4) is 0 Å². The molecule has 6 N–H and O–H groups in total. The number of hydrogen-bond donors (Lipinski definition) is 4. The number of urea groups is 1. The molecule has 7 nitrogen and oxygen atoms in total. The molecule has 86 valence electrons. The van der Waals surface area contributed by atoms with Crippen LogP contribution < -0.4 is 22.1 Å². The van der Waals surface area contributed by atoms with Crippen molar-refractivity contribution in [1.29, 1.82) is 0 Å². The first-order chi connectivity index (χ1) is 6.84. The average Bonchev–Trinajstić information content (AvgIpc) is 2.09. The Labute approximate surface area is 87.6 Å². The number of nitrogens with one attached hydrogen (secondary N) is 2. The predicted octanol–water partition coefficient (Wildman–Crippen LogP) is -1.72. The van der Waals surface area contributed by atoms with Gasteiger partial charge in [-0.2, -0.15) is 0 Å². The van der Waals surface area contributed by atoms with Crippen LogP contribution in [0.5, 0.6) is 0 Å². The normalized spacial score (nSPS) is 11.9. The van der Waals surface area contributed by atoms with Crippen LogP contribution in [-0.4, -0.2) is 30.4 Å². The van der Waals surface area contributed by atoms with Crippen LogP contribution in [0.4, 0.5) is 4.79 Å². The van der Waals surface area contributed by atoms with E-state index in [2.05, 4.69) is 10.6 Å². The van der Waals surface area contributed by atoms with E-state index in [1.54, 1.807) is 13.8 Å². The highest BCUT2D eigenvalue weighted by Gasteiger charge is 2.23. The molecule has 0 aromatic heterocycles. The maximum atomic E-state index is 11.4. The second-order valence-corrected chi connectivity index (χ2v) is 3.41. The molecule has 15 heavy (non-hydrogen) atoms. The van der Waals surface area contributed by atoms with Gasteiger partial charge in [0.25, 0.3) is 0 Å². The summed E-state index contributed by atoms with van der Waals surface area (Å²) < 4.78 is 0. The summed E-state index contributed by atoms with van der Waals surface area (Å²) in [6.07, 6.45) is 0. The Morgan fingerprint density at radius 3 is 2.07 bits per heavy atom. The number of primary amides is 2. The van der Waals surface area contributed by atoms with Crippen LogP contribution in [0.3, 0.4) is 0 Å². The van der Waals surface area contributed by atoms with Gasteiger partial charge in [0.1, 0.15) is 6.04 Å². The van der Waals surface area contributed by atoms with E-state index in [1.165, 1.54) is 0 Å². The number of rotatable bonds is 5. The molecule has 1 atom stereocenters. The van der Waals surface area contributed by atoms with Gasteiger partial charge in [0, 0.05) is 0 Å². The molecule has 0 aliphatic heterocycles. The van der Waals surface area contributed by atoms with Crippen LogP contribution >= 0.6 is 0 Å². The lowest BCUT2D eigenvalue weighted by molar-refractivity contribution is -0.126. The minimum absolute atomic E-state index is 0.134. The molecule has 0 aliphatic carbocycles. The van der Waals surface area contributed by atoms with Crippen LogP contribution in [0.1, 0.15) is 13.8 Å². The minimum Gasteiger partial charge on any atom is -0.368 e. The van der Waals surface area contributed by atoms with Crippen molar-refractivity contribution in [1.82, 2.24) is 10.6 Å². The van der Waals surface area contributed by atoms with E-state index in [0.29, 0.717) is 0 Å². The summed E-state index contributed by atoms with van der Waals surface area (Å²) in [5, 5.41) is 4.56. The van der Waals surface area contributed by atoms with Gasteiger partial charge < -0.3 is 22.1 Å². The van der Waals surface area contributed by atoms with Crippen LogP contribution in [-0.2, 0) is 9.59 Å². The van der Waals surface area contributed by atoms with Gasteiger partial charge in [-0.25, -0.2) is 4.79 Å². The highest BCUT2D eigenvalue weighted by atomic mass is 16.2. The third kappa shape index (κ3) is 5.50. The van der Waals surface area contributed by atoms with Gasteiger partial charge in [0.15, 0.2) is 0 Å². The topological polar surface area (TPSA) is 127 Å². The smallest absolute Gasteiger partial charge is 0.312 e. The molecule has 0 fully saturated rings. The predicted molar refractivity (Wildman–Crippen MR) is 53.5 cm³/mol. The van der Waals surface area contributed by atoms with Crippen molar-refractivity contribution in [2.45, 2.75) is 19.9 Å². The number of carbonyl (C=O) groups is 3. The van der Waals surface area contributed by atoms with Crippen molar-refractivity contribution < 1.29 is 14.4 Å². The molecule has 4 amide bonds. The van der Waals surface area contributed by atoms with E-state index in [1.807, 2.05) is 0 Å². The van der Waals surface area contributed by atoms with Crippen LogP contribution in [0.15, 0.2) is 0 Å². The Morgan fingerprint density at radius 1 is 1.20 bits per heavy atom. The molecule has 0 spiro atoms. The number of hydrogen-bond acceptors (Lipinski definition) is 3. The van der Waals surface area contributed by atoms with Gasteiger partial charge in [-0.3, -0.25) is 9.59 Å². The fourth-order valence-corrected chi connectivity index (χ4v) is 0.972. The third-order valence-corrected chi connectivity index (χ3v) is 1.68. The summed E-state index contributed by atoms with van der Waals surface area (Å²) in [7, 11) is 0. The lowest BCUT2D eigenvalue weighted by Crippen LogP contribution is -2.52. The first-order valence-corrected chi connectivity index (χ1v) is 4.46. The minimum atomic E-state index is -0.789. The van der Waals surface area contributed by atoms with Gasteiger partial charge in [-0.05, 0) is 5.92 Å². The second kappa shape index (κ2) is 5.84. The Morgan fingerprint density at radius 2 is 1.73 bits per heavy atom. The van der Waals surface area contributed by atoms with E-state index in [9.17, 15) is 14.4 Å². The van der Waals surface area contributed by atoms with Crippen molar-refractivity contribution in [2.24, 2.45) is 17.4 Å². The number of nitrogens with two attached hydrogens (primary N) is 2. The first kappa shape index (κ1) is 13.2. The Kier molecular flexibility index (Phi) is 5.14. The maximum Gasteiger partial charge on any atom is 0.312 e. The summed E-state index contributed by atoms with van der Waals surface area (Å²) in [4.78, 5) is 32.4. The summed E-state index contributed by atoms with van der Waals surface area (Å²) in [6, 6.07) is -1.55. The molecule has 0 aromatic carbocycles. The molecule has 0 rings (SSSR count). The molecule has 0 bridgehead atoms. The number of amides is 4. The van der Waals surface area contributed by atoms with Crippen LogP contribution in [0.25, 0.3) is 0 Å². The van der Waals surface area contributed by atoms with Crippen molar-refractivity contribution >= 4 is 17.8 Å². The quantitative estimate of drug-likeness (QED) is 0.436. The lowest BCUT2D eigenvalue weighted by Gasteiger charge is -2.19. The molecule has 0 heterocycles. The zero-order valence-electron chi connectivity index (χ0n) is 8.74. The third-order valence-electron chi connectivity index (χ3n) is 1.68. The fourth-order valence-electron chi connectivity index (χ4n) is 0.972. The van der Waals surface area contributed by atoms with Crippen LogP contribution in [0.2, 0.25) is 0 Å². The van der Waals surface area contributed by atoms with Gasteiger partial charge in [-0.15, -0.1) is 0 Å². The van der Waals surface area contributed by atoms with Gasteiger partial charge in [-0.1, -0.05) is 13.8 Å². The monoisotopic (exact) mass is 216 g/mol. The molecular formula is C8H16N4O3. The largest absolute Gasteiger partial charge is 0.368 e. The molecule has 7 heteroatoms. The zero-order chi connectivity index (χ0) is 12.0. The first-order valence-electron chi connectivity index (χ1n) is 4.46. The highest BCUT2D eigenvalue weighted by molar-refractivity contribution is 5.89. The summed E-state index contributed by atoms with van der Waals surface area (Å²) in [5.41, 5.74) is 9.76. The van der Waals surface area contributed by atoms with Gasteiger partial charge in [0.2, 0.25) is 11.8 Å². The molecule has 0 saturated carbocycles. The Hall–Kier alpha value is -1.79. The maximum absolute atomic E-state index is 11.4. The second-order valence-electron chi connectivity index (χ2n) is 3.41. The SMILES string of the molecule is CC(C)C(NC(N)=O)C(=O)NCC(N)=O. The number of carbonyl (C=O) groups excluding carboxylic acids is 3. The van der Waals surface area contributed by atoms with Crippen molar-refractivity contribution in [3.63, 3.8) is 0 Å². The van der Waals surface area contributed by atoms with E-state index < -0.39 is 23.9 Å². The molecule has 0 saturated heterocycles. The fraction of sp³-hybridized carbons (Fsp3) is 0.625. The standard InChI is InChI=1S/C8H16N4O3/c1-4(2)6(12-8(10)15)7(14)11-3-5(9)13/h4,6H,3H2,1-2H3,(H2,9,13)(H,11,14)(H3,10,12,15). The summed E-state index contributed by atoms with van der Waals surface area (Å²) in [6.45, 7) is 3.22. The molecular weight excluding hydrogens is 200 g/mol. The van der Waals surface area contributed by atoms with Crippen molar-refractivity contribution in [2.75, 3.05) is 6.54 Å². The average molecular weight is 216 g/mol. The molecule has 0 radical (unpaired) electrons. The Balaban J connectivity index is 4.29. The summed E-state index contributed by atoms with van der Waals surface area (Å²) >= 11 is 0. The summed E-state index contributed by atoms with van der Waals surface area (Å²) in [5.74, 6) is -1.27. The van der Waals surface area contributed by atoms with Gasteiger partial charge >= 0.3 is 6.03 Å². The van der Waals surface area contributed by atoms with E-state index >= 15 is 0 Å². The van der Waals surface area contributed by atoms with E-state index in [4.69, 9.17) is 11.5 Å². The Bertz CT molecular complexity index is 265. The molecule has 0 aromatic rings. The van der Waals surface area contributed by atoms with Crippen LogP contribution in [0, 0.1) is 5.92 Å². The van der Waals surface area contributed by atoms with E-state index in [-0.39, 0.29) is 12.5 Å². The van der Waals surface area contributed by atoms with Gasteiger partial charge in [0.05, 0.1) is 6.54 Å². The molecule has 1 unspecified atom stereocenters.